The molecule has 1 aliphatic rings. The maximum absolute atomic E-state index is 13.4. The van der Waals surface area contributed by atoms with Crippen molar-refractivity contribution in [2.45, 2.75) is 13.0 Å². The summed E-state index contributed by atoms with van der Waals surface area (Å²) in [5.41, 5.74) is 3.03. The van der Waals surface area contributed by atoms with Crippen LogP contribution < -0.4 is 5.32 Å². The molecule has 0 spiro atoms. The Morgan fingerprint density at radius 2 is 1.87 bits per heavy atom. The molecule has 8 heteroatoms. The normalized spacial score (nSPS) is 15.7. The third-order valence-corrected chi connectivity index (χ3v) is 5.66. The van der Waals surface area contributed by atoms with Crippen molar-refractivity contribution < 1.29 is 9.53 Å². The van der Waals surface area contributed by atoms with Crippen molar-refractivity contribution in [3.8, 4) is 5.69 Å². The van der Waals surface area contributed by atoms with Crippen LogP contribution in [0, 0.1) is 6.92 Å². The molecule has 1 aromatic heterocycles. The molecule has 0 aliphatic carbocycles. The van der Waals surface area contributed by atoms with Gasteiger partial charge in [0.15, 0.2) is 0 Å². The molecule has 0 radical (unpaired) electrons. The number of nitrogens with one attached hydrogen (secondary N) is 1. The lowest BCUT2D eigenvalue weighted by molar-refractivity contribution is -0.123. The lowest BCUT2D eigenvalue weighted by Gasteiger charge is -2.34. The number of morpholine rings is 1. The van der Waals surface area contributed by atoms with Crippen molar-refractivity contribution in [2.24, 2.45) is 0 Å². The van der Waals surface area contributed by atoms with E-state index >= 15 is 0 Å². The molecule has 2 heterocycles. The van der Waals surface area contributed by atoms with E-state index in [4.69, 9.17) is 27.9 Å². The predicted octanol–water partition coefficient (Wildman–Crippen LogP) is 4.50. The van der Waals surface area contributed by atoms with Gasteiger partial charge in [-0.05, 0) is 36.8 Å². The van der Waals surface area contributed by atoms with E-state index in [0.717, 1.165) is 11.4 Å². The first-order valence-corrected chi connectivity index (χ1v) is 10.5. The first-order valence-electron chi connectivity index (χ1n) is 9.72. The van der Waals surface area contributed by atoms with Gasteiger partial charge in [-0.2, -0.15) is 5.10 Å². The van der Waals surface area contributed by atoms with Crippen LogP contribution in [0.15, 0.2) is 54.7 Å². The quantitative estimate of drug-likeness (QED) is 0.629. The molecule has 0 bridgehead atoms. The number of carbonyl (C=O) groups is 1. The standard InChI is InChI=1S/C22H22Cl2N4O2/c1-15-20(14-28(26-15)17-5-3-2-4-6-17)25-22(29)21(27-9-11-30-12-10-27)18-8-7-16(23)13-19(18)24/h2-8,13-14,21H,9-12H2,1H3,(H,25,29). The van der Waals surface area contributed by atoms with Gasteiger partial charge < -0.3 is 10.1 Å². The highest BCUT2D eigenvalue weighted by molar-refractivity contribution is 6.35. The zero-order valence-electron chi connectivity index (χ0n) is 16.5. The maximum atomic E-state index is 13.4. The van der Waals surface area contributed by atoms with Crippen molar-refractivity contribution in [3.63, 3.8) is 0 Å². The van der Waals surface area contributed by atoms with Gasteiger partial charge in [0.1, 0.15) is 6.04 Å². The topological polar surface area (TPSA) is 59.4 Å². The summed E-state index contributed by atoms with van der Waals surface area (Å²) in [5, 5.41) is 8.57. The molecule has 1 saturated heterocycles. The summed E-state index contributed by atoms with van der Waals surface area (Å²) in [5.74, 6) is -0.170. The number of halogens is 2. The lowest BCUT2D eigenvalue weighted by atomic mass is 10.0. The van der Waals surface area contributed by atoms with Crippen LogP contribution in [0.1, 0.15) is 17.3 Å². The van der Waals surface area contributed by atoms with Crippen LogP contribution in [0.4, 0.5) is 5.69 Å². The molecule has 0 saturated carbocycles. The van der Waals surface area contributed by atoms with E-state index in [1.807, 2.05) is 49.5 Å². The zero-order chi connectivity index (χ0) is 21.1. The Morgan fingerprint density at radius 3 is 2.57 bits per heavy atom. The molecular formula is C22H22Cl2N4O2. The summed E-state index contributed by atoms with van der Waals surface area (Å²) < 4.78 is 7.22. The van der Waals surface area contributed by atoms with Crippen LogP contribution in [0.3, 0.4) is 0 Å². The van der Waals surface area contributed by atoms with Gasteiger partial charge in [0.05, 0.1) is 36.5 Å². The van der Waals surface area contributed by atoms with Gasteiger partial charge in [-0.25, -0.2) is 4.68 Å². The number of anilines is 1. The smallest absolute Gasteiger partial charge is 0.246 e. The average Bonchev–Trinajstić information content (AvgIpc) is 3.11. The minimum Gasteiger partial charge on any atom is -0.379 e. The van der Waals surface area contributed by atoms with Crippen molar-refractivity contribution >= 4 is 34.8 Å². The fraction of sp³-hybridized carbons (Fsp3) is 0.273. The molecule has 30 heavy (non-hydrogen) atoms. The number of benzene rings is 2. The van der Waals surface area contributed by atoms with Crippen LogP contribution in [0.5, 0.6) is 0 Å². The summed E-state index contributed by atoms with van der Waals surface area (Å²) in [6.07, 6.45) is 1.82. The number of ether oxygens (including phenoxy) is 1. The molecule has 1 atom stereocenters. The average molecular weight is 445 g/mol. The Balaban J connectivity index is 1.63. The summed E-state index contributed by atoms with van der Waals surface area (Å²) in [7, 11) is 0. The Hall–Kier alpha value is -2.38. The van der Waals surface area contributed by atoms with Gasteiger partial charge in [0.2, 0.25) is 5.91 Å². The SMILES string of the molecule is Cc1nn(-c2ccccc2)cc1NC(=O)C(c1ccc(Cl)cc1Cl)N1CCOCC1. The minimum absolute atomic E-state index is 0.170. The van der Waals surface area contributed by atoms with Crippen LogP contribution in [0.2, 0.25) is 10.0 Å². The largest absolute Gasteiger partial charge is 0.379 e. The van der Waals surface area contributed by atoms with Gasteiger partial charge >= 0.3 is 0 Å². The number of nitrogens with zero attached hydrogens (tertiary/aromatic N) is 3. The molecule has 1 N–H and O–H groups in total. The number of aromatic nitrogens is 2. The highest BCUT2D eigenvalue weighted by Crippen LogP contribution is 2.32. The number of para-hydroxylation sites is 1. The fourth-order valence-electron chi connectivity index (χ4n) is 3.56. The molecule has 4 rings (SSSR count). The van der Waals surface area contributed by atoms with Gasteiger partial charge in [0.25, 0.3) is 0 Å². The molecule has 1 amide bonds. The van der Waals surface area contributed by atoms with Crippen LogP contribution in [-0.2, 0) is 9.53 Å². The summed E-state index contributed by atoms with van der Waals surface area (Å²) in [6, 6.07) is 14.4. The predicted molar refractivity (Wildman–Crippen MR) is 119 cm³/mol. The number of carbonyl (C=O) groups excluding carboxylic acids is 1. The Kier molecular flexibility index (Phi) is 6.39. The van der Waals surface area contributed by atoms with Crippen molar-refractivity contribution in [3.05, 3.63) is 76.0 Å². The van der Waals surface area contributed by atoms with Gasteiger partial charge in [-0.1, -0.05) is 47.5 Å². The number of rotatable bonds is 5. The second-order valence-electron chi connectivity index (χ2n) is 7.11. The molecule has 6 nitrogen and oxygen atoms in total. The van der Waals surface area contributed by atoms with E-state index in [2.05, 4.69) is 15.3 Å². The fourth-order valence-corrected chi connectivity index (χ4v) is 4.07. The highest BCUT2D eigenvalue weighted by Gasteiger charge is 2.31. The second-order valence-corrected chi connectivity index (χ2v) is 7.96. The van der Waals surface area contributed by atoms with Gasteiger partial charge in [0, 0.05) is 23.1 Å². The van der Waals surface area contributed by atoms with E-state index in [-0.39, 0.29) is 5.91 Å². The Labute approximate surface area is 185 Å². The first kappa shape index (κ1) is 20.9. The van der Waals surface area contributed by atoms with Crippen molar-refractivity contribution in [1.29, 1.82) is 0 Å². The number of hydrogen-bond donors (Lipinski definition) is 1. The zero-order valence-corrected chi connectivity index (χ0v) is 18.0. The highest BCUT2D eigenvalue weighted by atomic mass is 35.5. The third kappa shape index (κ3) is 4.52. The Bertz CT molecular complexity index is 1030. The van der Waals surface area contributed by atoms with Gasteiger partial charge in [-0.3, -0.25) is 9.69 Å². The Morgan fingerprint density at radius 1 is 1.13 bits per heavy atom. The molecular weight excluding hydrogens is 423 g/mol. The lowest BCUT2D eigenvalue weighted by Crippen LogP contribution is -2.44. The van der Waals surface area contributed by atoms with Crippen molar-refractivity contribution in [1.82, 2.24) is 14.7 Å². The van der Waals surface area contributed by atoms with E-state index < -0.39 is 6.04 Å². The molecule has 1 aliphatic heterocycles. The van der Waals surface area contributed by atoms with E-state index in [0.29, 0.717) is 47.6 Å². The third-order valence-electron chi connectivity index (χ3n) is 5.09. The number of aryl methyl sites for hydroxylation is 1. The summed E-state index contributed by atoms with van der Waals surface area (Å²) >= 11 is 12.5. The molecule has 1 unspecified atom stereocenters. The van der Waals surface area contributed by atoms with E-state index in [1.54, 1.807) is 16.8 Å². The summed E-state index contributed by atoms with van der Waals surface area (Å²) in [6.45, 7) is 4.28. The molecule has 156 valence electrons. The van der Waals surface area contributed by atoms with Crippen LogP contribution in [0.25, 0.3) is 5.69 Å². The number of amides is 1. The molecule has 3 aromatic rings. The summed E-state index contributed by atoms with van der Waals surface area (Å²) in [4.78, 5) is 15.5. The van der Waals surface area contributed by atoms with Crippen LogP contribution in [-0.4, -0.2) is 46.9 Å². The molecule has 1 fully saturated rings. The van der Waals surface area contributed by atoms with Crippen LogP contribution >= 0.6 is 23.2 Å². The maximum Gasteiger partial charge on any atom is 0.246 e. The van der Waals surface area contributed by atoms with Crippen molar-refractivity contribution in [2.75, 3.05) is 31.6 Å². The van der Waals surface area contributed by atoms with E-state index in [9.17, 15) is 4.79 Å². The first-order chi connectivity index (χ1) is 14.5. The minimum atomic E-state index is -0.557. The monoisotopic (exact) mass is 444 g/mol. The molecule has 2 aromatic carbocycles. The second kappa shape index (κ2) is 9.18. The number of hydrogen-bond acceptors (Lipinski definition) is 4. The van der Waals surface area contributed by atoms with Gasteiger partial charge in [-0.15, -0.1) is 0 Å². The van der Waals surface area contributed by atoms with E-state index in [1.165, 1.54) is 0 Å².